The molecule has 8 heteroatoms. The number of hydrogen-bond acceptors (Lipinski definition) is 8. The van der Waals surface area contributed by atoms with Crippen LogP contribution >= 0.6 is 0 Å². The number of nitrogens with zero attached hydrogens (tertiary/aromatic N) is 3. The maximum atomic E-state index is 11.9. The van der Waals surface area contributed by atoms with Crippen molar-refractivity contribution in [1.82, 2.24) is 0 Å². The molecule has 0 aliphatic heterocycles. The highest BCUT2D eigenvalue weighted by Gasteiger charge is 2.18. The maximum absolute atomic E-state index is 11.9. The molecule has 0 heterocycles. The number of methoxy groups -OCH3 is 1. The minimum absolute atomic E-state index is 0.0732. The lowest BCUT2D eigenvalue weighted by Crippen LogP contribution is -2.36. The summed E-state index contributed by atoms with van der Waals surface area (Å²) in [6.07, 6.45) is 1.39. The van der Waals surface area contributed by atoms with Gasteiger partial charge in [0.05, 0.1) is 20.3 Å². The van der Waals surface area contributed by atoms with Crippen LogP contribution in [-0.2, 0) is 19.1 Å². The van der Waals surface area contributed by atoms with Crippen LogP contribution in [0.4, 0.5) is 5.69 Å². The fourth-order valence-electron chi connectivity index (χ4n) is 2.22. The van der Waals surface area contributed by atoms with Crippen molar-refractivity contribution in [2.45, 2.75) is 13.8 Å². The van der Waals surface area contributed by atoms with E-state index in [0.717, 1.165) is 0 Å². The van der Waals surface area contributed by atoms with Crippen LogP contribution in [0.3, 0.4) is 0 Å². The summed E-state index contributed by atoms with van der Waals surface area (Å²) < 4.78 is 15.2. The number of allylic oxidation sites excluding steroid dienone is 1. The van der Waals surface area contributed by atoms with Gasteiger partial charge in [-0.05, 0) is 32.1 Å². The van der Waals surface area contributed by atoms with Gasteiger partial charge in [0.25, 0.3) is 0 Å². The molecule has 1 aromatic rings. The molecule has 0 N–H and O–H groups in total. The maximum Gasteiger partial charge on any atom is 0.325 e. The van der Waals surface area contributed by atoms with E-state index in [4.69, 9.17) is 24.7 Å². The normalized spacial score (nSPS) is 9.37. The lowest BCUT2D eigenvalue weighted by molar-refractivity contribution is -0.142. The predicted octanol–water partition coefficient (Wildman–Crippen LogP) is 2.06. The Balaban J connectivity index is 3.22. The number of esters is 2. The standard InChI is InChI=1S/C19H21N3O5/c1-4-26-18(23)12-22(13-19(24)27-5-2)16-7-6-15(17(9-16)25-3)8-14(10-20)11-21/h6-9H,4-5,12-13H2,1-3H3. The van der Waals surface area contributed by atoms with Gasteiger partial charge in [-0.15, -0.1) is 0 Å². The van der Waals surface area contributed by atoms with E-state index in [0.29, 0.717) is 17.0 Å². The minimum Gasteiger partial charge on any atom is -0.496 e. The van der Waals surface area contributed by atoms with Crippen molar-refractivity contribution in [2.24, 2.45) is 0 Å². The molecule has 1 rings (SSSR count). The van der Waals surface area contributed by atoms with Crippen LogP contribution in [0.15, 0.2) is 23.8 Å². The zero-order chi connectivity index (χ0) is 20.2. The molecule has 0 saturated heterocycles. The van der Waals surface area contributed by atoms with Gasteiger partial charge >= 0.3 is 11.9 Å². The van der Waals surface area contributed by atoms with Crippen LogP contribution in [0, 0.1) is 22.7 Å². The van der Waals surface area contributed by atoms with Crippen LogP contribution < -0.4 is 9.64 Å². The van der Waals surface area contributed by atoms with Crippen molar-refractivity contribution < 1.29 is 23.8 Å². The number of ether oxygens (including phenoxy) is 3. The SMILES string of the molecule is CCOC(=O)CN(CC(=O)OCC)c1ccc(C=C(C#N)C#N)c(OC)c1. The molecule has 0 saturated carbocycles. The molecular weight excluding hydrogens is 350 g/mol. The highest BCUT2D eigenvalue weighted by molar-refractivity contribution is 5.82. The number of nitriles is 2. The number of anilines is 1. The van der Waals surface area contributed by atoms with E-state index in [-0.39, 0.29) is 31.9 Å². The number of benzene rings is 1. The molecule has 27 heavy (non-hydrogen) atoms. The minimum atomic E-state index is -0.485. The molecule has 0 radical (unpaired) electrons. The van der Waals surface area contributed by atoms with E-state index in [1.807, 2.05) is 0 Å². The average molecular weight is 371 g/mol. The Kier molecular flexibility index (Phi) is 8.90. The van der Waals surface area contributed by atoms with Gasteiger partial charge in [-0.2, -0.15) is 10.5 Å². The first-order chi connectivity index (χ1) is 13.0. The Bertz CT molecular complexity index is 754. The lowest BCUT2D eigenvalue weighted by Gasteiger charge is -2.23. The van der Waals surface area contributed by atoms with Crippen LogP contribution in [-0.4, -0.2) is 45.4 Å². The Labute approximate surface area is 158 Å². The number of carbonyl (C=O) groups excluding carboxylic acids is 2. The Morgan fingerprint density at radius 3 is 2.07 bits per heavy atom. The second kappa shape index (κ2) is 11.2. The quantitative estimate of drug-likeness (QED) is 0.479. The van der Waals surface area contributed by atoms with Gasteiger partial charge in [0.15, 0.2) is 0 Å². The lowest BCUT2D eigenvalue weighted by atomic mass is 10.1. The van der Waals surface area contributed by atoms with Crippen molar-refractivity contribution in [3.8, 4) is 17.9 Å². The molecule has 0 aromatic heterocycles. The molecule has 8 nitrogen and oxygen atoms in total. The molecule has 1 aromatic carbocycles. The van der Waals surface area contributed by atoms with Gasteiger partial charge in [0.1, 0.15) is 36.6 Å². The first kappa shape index (κ1) is 21.5. The summed E-state index contributed by atoms with van der Waals surface area (Å²) in [5, 5.41) is 17.8. The molecular formula is C19H21N3O5. The molecule has 0 spiro atoms. The summed E-state index contributed by atoms with van der Waals surface area (Å²) in [7, 11) is 1.44. The highest BCUT2D eigenvalue weighted by Crippen LogP contribution is 2.27. The van der Waals surface area contributed by atoms with E-state index in [2.05, 4.69) is 0 Å². The van der Waals surface area contributed by atoms with Crippen molar-refractivity contribution >= 4 is 23.7 Å². The zero-order valence-electron chi connectivity index (χ0n) is 15.5. The molecule has 0 amide bonds. The van der Waals surface area contributed by atoms with Crippen molar-refractivity contribution in [3.63, 3.8) is 0 Å². The number of rotatable bonds is 9. The Morgan fingerprint density at radius 2 is 1.63 bits per heavy atom. The van der Waals surface area contributed by atoms with Crippen molar-refractivity contribution in [2.75, 3.05) is 38.3 Å². The highest BCUT2D eigenvalue weighted by atomic mass is 16.5. The van der Waals surface area contributed by atoms with Crippen LogP contribution in [0.5, 0.6) is 5.75 Å². The van der Waals surface area contributed by atoms with Gasteiger partial charge in [-0.1, -0.05) is 0 Å². The van der Waals surface area contributed by atoms with Crippen molar-refractivity contribution in [3.05, 3.63) is 29.3 Å². The van der Waals surface area contributed by atoms with Crippen LogP contribution in [0.2, 0.25) is 0 Å². The summed E-state index contributed by atoms with van der Waals surface area (Å²) in [6.45, 7) is 3.55. The molecule has 0 atom stereocenters. The van der Waals surface area contributed by atoms with E-state index in [1.54, 1.807) is 44.2 Å². The average Bonchev–Trinajstić information content (AvgIpc) is 2.66. The topological polar surface area (TPSA) is 113 Å². The first-order valence-corrected chi connectivity index (χ1v) is 8.25. The third-order valence-electron chi connectivity index (χ3n) is 3.37. The zero-order valence-corrected chi connectivity index (χ0v) is 15.5. The van der Waals surface area contributed by atoms with E-state index in [1.165, 1.54) is 18.1 Å². The van der Waals surface area contributed by atoms with E-state index >= 15 is 0 Å². The monoisotopic (exact) mass is 371 g/mol. The first-order valence-electron chi connectivity index (χ1n) is 8.25. The van der Waals surface area contributed by atoms with Crippen molar-refractivity contribution in [1.29, 1.82) is 10.5 Å². The third-order valence-corrected chi connectivity index (χ3v) is 3.37. The Hall–Kier alpha value is -3.52. The fraction of sp³-hybridized carbons (Fsp3) is 0.368. The fourth-order valence-corrected chi connectivity index (χ4v) is 2.22. The molecule has 0 unspecified atom stereocenters. The van der Waals surface area contributed by atoms with Gasteiger partial charge in [0, 0.05) is 17.3 Å². The van der Waals surface area contributed by atoms with Crippen LogP contribution in [0.1, 0.15) is 19.4 Å². The third kappa shape index (κ3) is 6.71. The molecule has 0 fully saturated rings. The second-order valence-electron chi connectivity index (χ2n) is 5.17. The summed E-state index contributed by atoms with van der Waals surface area (Å²) >= 11 is 0. The second-order valence-corrected chi connectivity index (χ2v) is 5.17. The van der Waals surface area contributed by atoms with Gasteiger partial charge in [0.2, 0.25) is 0 Å². The Morgan fingerprint density at radius 1 is 1.07 bits per heavy atom. The number of carbonyl (C=O) groups is 2. The van der Waals surface area contributed by atoms with Crippen LogP contribution in [0.25, 0.3) is 6.08 Å². The molecule has 142 valence electrons. The summed E-state index contributed by atoms with van der Waals surface area (Å²) in [5.41, 5.74) is 0.975. The summed E-state index contributed by atoms with van der Waals surface area (Å²) in [5.74, 6) is -0.588. The molecule has 0 aliphatic rings. The van der Waals surface area contributed by atoms with E-state index < -0.39 is 11.9 Å². The summed E-state index contributed by atoms with van der Waals surface area (Å²) in [4.78, 5) is 25.3. The van der Waals surface area contributed by atoms with Gasteiger partial charge < -0.3 is 19.1 Å². The largest absolute Gasteiger partial charge is 0.496 e. The smallest absolute Gasteiger partial charge is 0.325 e. The van der Waals surface area contributed by atoms with E-state index in [9.17, 15) is 9.59 Å². The number of hydrogen-bond donors (Lipinski definition) is 0. The predicted molar refractivity (Wildman–Crippen MR) is 97.7 cm³/mol. The van der Waals surface area contributed by atoms with Gasteiger partial charge in [-0.25, -0.2) is 0 Å². The molecule has 0 bridgehead atoms. The summed E-state index contributed by atoms with van der Waals surface area (Å²) in [6, 6.07) is 8.45. The van der Waals surface area contributed by atoms with Gasteiger partial charge in [-0.3, -0.25) is 9.59 Å². The molecule has 0 aliphatic carbocycles.